The molecule has 0 aliphatic rings. The van der Waals surface area contributed by atoms with Gasteiger partial charge in [-0.2, -0.15) is 0 Å². The van der Waals surface area contributed by atoms with Gasteiger partial charge in [0.2, 0.25) is 0 Å². The van der Waals surface area contributed by atoms with E-state index in [1.807, 2.05) is 102 Å². The maximum atomic E-state index is 9.80. The summed E-state index contributed by atoms with van der Waals surface area (Å²) in [4.78, 5) is 1.88. The maximum Gasteiger partial charge on any atom is 0.0645 e. The van der Waals surface area contributed by atoms with Gasteiger partial charge in [-0.25, -0.2) is 0 Å². The molecule has 11 aromatic rings. The lowest BCUT2D eigenvalue weighted by Crippen LogP contribution is -2.10. The molecule has 0 N–H and O–H groups in total. The van der Waals surface area contributed by atoms with E-state index in [2.05, 4.69) is 140 Å². The molecule has 0 unspecified atom stereocenters. The van der Waals surface area contributed by atoms with Crippen molar-refractivity contribution in [3.05, 3.63) is 261 Å². The van der Waals surface area contributed by atoms with E-state index in [0.717, 1.165) is 77.2 Å². The fraction of sp³-hybridized carbons (Fsp3) is 0. The molecule has 0 atom stereocenters. The standard InChI is InChI=1S/C62H43N/c1-4-16-46(17-5-1)58-39-34-54(43-61(58)47-18-6-2-7-19-47)45-29-35-55(36-30-45)63(57-25-14-24-52(42-57)53-28-27-44-15-10-11-23-51(44)41-53)56-37-31-49(32-38-56)60-40-33-48-20-12-13-26-59(48)62(60)50-21-8-3-9-22-50/h1-43H/i29D,30D,35D,36D. The molecule has 0 radical (unpaired) electrons. The highest BCUT2D eigenvalue weighted by atomic mass is 15.1. The molecule has 296 valence electrons. The van der Waals surface area contributed by atoms with Crippen LogP contribution in [0.15, 0.2) is 261 Å². The van der Waals surface area contributed by atoms with Crippen LogP contribution in [0, 0.1) is 0 Å². The Morgan fingerprint density at radius 1 is 0.254 bits per heavy atom. The van der Waals surface area contributed by atoms with Gasteiger partial charge in [-0.15, -0.1) is 0 Å². The molecule has 0 saturated heterocycles. The summed E-state index contributed by atoms with van der Waals surface area (Å²) in [5.74, 6) is 0. The summed E-state index contributed by atoms with van der Waals surface area (Å²) in [5, 5.41) is 4.61. The van der Waals surface area contributed by atoms with Gasteiger partial charge in [0.05, 0.1) is 5.48 Å². The molecule has 0 aliphatic heterocycles. The van der Waals surface area contributed by atoms with E-state index in [4.69, 9.17) is 0 Å². The van der Waals surface area contributed by atoms with Crippen LogP contribution in [0.5, 0.6) is 0 Å². The molecule has 11 rings (SSSR count). The van der Waals surface area contributed by atoms with Crippen LogP contribution in [0.3, 0.4) is 0 Å². The molecule has 63 heavy (non-hydrogen) atoms. The van der Waals surface area contributed by atoms with Crippen LogP contribution in [0.1, 0.15) is 5.48 Å². The fourth-order valence-corrected chi connectivity index (χ4v) is 8.81. The van der Waals surface area contributed by atoms with Gasteiger partial charge in [0.1, 0.15) is 0 Å². The SMILES string of the molecule is [2H]c1c([2H])c(N(c2ccc(-c3ccc4ccccc4c3-c3ccccc3)cc2)c2cccc(-c3ccc4ccccc4c3)c2)c([2H])c([2H])c1-c1ccc(-c2ccccc2)c(-c2ccccc2)c1. The summed E-state index contributed by atoms with van der Waals surface area (Å²) in [6.07, 6.45) is 0. The van der Waals surface area contributed by atoms with E-state index in [1.165, 1.54) is 0 Å². The van der Waals surface area contributed by atoms with E-state index in [-0.39, 0.29) is 35.4 Å². The first-order valence-corrected chi connectivity index (χ1v) is 21.3. The largest absolute Gasteiger partial charge is 0.310 e. The minimum atomic E-state index is -0.134. The van der Waals surface area contributed by atoms with Gasteiger partial charge < -0.3 is 4.90 Å². The fourth-order valence-electron chi connectivity index (χ4n) is 8.81. The first-order valence-electron chi connectivity index (χ1n) is 23.3. The van der Waals surface area contributed by atoms with E-state index in [1.54, 1.807) is 0 Å². The minimum absolute atomic E-state index is 0.113. The molecule has 11 aromatic carbocycles. The van der Waals surface area contributed by atoms with Crippen molar-refractivity contribution >= 4 is 38.6 Å². The normalized spacial score (nSPS) is 12.1. The second kappa shape index (κ2) is 16.7. The predicted molar refractivity (Wildman–Crippen MR) is 269 cm³/mol. The van der Waals surface area contributed by atoms with Gasteiger partial charge in [-0.3, -0.25) is 0 Å². The first-order chi connectivity index (χ1) is 32.9. The van der Waals surface area contributed by atoms with Crippen LogP contribution in [0.4, 0.5) is 17.1 Å². The Bertz CT molecular complexity index is 3580. The topological polar surface area (TPSA) is 3.24 Å². The van der Waals surface area contributed by atoms with E-state index >= 15 is 0 Å². The van der Waals surface area contributed by atoms with Crippen LogP contribution >= 0.6 is 0 Å². The highest BCUT2D eigenvalue weighted by Gasteiger charge is 2.17. The van der Waals surface area contributed by atoms with Crippen molar-refractivity contribution in [2.24, 2.45) is 0 Å². The number of fused-ring (bicyclic) bond motifs is 2. The van der Waals surface area contributed by atoms with Gasteiger partial charge in [0, 0.05) is 17.1 Å². The molecule has 0 aromatic heterocycles. The number of hydrogen-bond donors (Lipinski definition) is 0. The third-order valence-electron chi connectivity index (χ3n) is 11.9. The van der Waals surface area contributed by atoms with Crippen molar-refractivity contribution in [1.82, 2.24) is 0 Å². The zero-order valence-corrected chi connectivity index (χ0v) is 34.5. The summed E-state index contributed by atoms with van der Waals surface area (Å²) < 4.78 is 39.0. The molecule has 1 heteroatoms. The first kappa shape index (κ1) is 33.5. The Hall–Kier alpha value is -8.26. The summed E-state index contributed by atoms with van der Waals surface area (Å²) in [5.41, 5.74) is 12.8. The third kappa shape index (κ3) is 7.47. The molecule has 0 spiro atoms. The van der Waals surface area contributed by atoms with Crippen LogP contribution in [0.25, 0.3) is 88.3 Å². The molecule has 1 nitrogen and oxygen atoms in total. The smallest absolute Gasteiger partial charge is 0.0645 e. The molecule has 0 fully saturated rings. The molecular weight excluding hydrogens is 759 g/mol. The van der Waals surface area contributed by atoms with Crippen LogP contribution in [0.2, 0.25) is 0 Å². The quantitative estimate of drug-likeness (QED) is 0.140. The van der Waals surface area contributed by atoms with E-state index < -0.39 is 0 Å². The van der Waals surface area contributed by atoms with E-state index in [9.17, 15) is 5.48 Å². The Kier molecular flexibility index (Phi) is 8.84. The molecule has 0 amide bonds. The van der Waals surface area contributed by atoms with Crippen molar-refractivity contribution in [2.45, 2.75) is 0 Å². The average molecular weight is 806 g/mol. The predicted octanol–water partition coefficient (Wildman–Crippen LogP) is 17.5. The van der Waals surface area contributed by atoms with Crippen molar-refractivity contribution in [3.63, 3.8) is 0 Å². The van der Waals surface area contributed by atoms with Gasteiger partial charge in [-0.1, -0.05) is 212 Å². The van der Waals surface area contributed by atoms with Gasteiger partial charge in [0.25, 0.3) is 0 Å². The van der Waals surface area contributed by atoms with Gasteiger partial charge in [-0.05, 0) is 137 Å². The number of rotatable bonds is 9. The number of nitrogens with zero attached hydrogens (tertiary/aromatic N) is 1. The van der Waals surface area contributed by atoms with Crippen LogP contribution in [-0.2, 0) is 0 Å². The monoisotopic (exact) mass is 805 g/mol. The molecule has 0 heterocycles. The third-order valence-corrected chi connectivity index (χ3v) is 11.9. The Balaban J connectivity index is 1.08. The van der Waals surface area contributed by atoms with Crippen LogP contribution < -0.4 is 4.90 Å². The van der Waals surface area contributed by atoms with Crippen molar-refractivity contribution in [2.75, 3.05) is 4.90 Å². The van der Waals surface area contributed by atoms with Crippen molar-refractivity contribution in [1.29, 1.82) is 0 Å². The average Bonchev–Trinajstić information content (AvgIpc) is 3.39. The maximum absolute atomic E-state index is 9.80. The summed E-state index contributed by atoms with van der Waals surface area (Å²) in [6.45, 7) is 0. The molecule has 0 aliphatic carbocycles. The molecular formula is C62H43N. The number of hydrogen-bond acceptors (Lipinski definition) is 1. The van der Waals surface area contributed by atoms with Crippen molar-refractivity contribution < 1.29 is 5.48 Å². The number of anilines is 3. The Morgan fingerprint density at radius 3 is 1.49 bits per heavy atom. The zero-order valence-electron chi connectivity index (χ0n) is 38.5. The second-order valence-corrected chi connectivity index (χ2v) is 15.8. The summed E-state index contributed by atoms with van der Waals surface area (Å²) in [6, 6.07) is 80.1. The van der Waals surface area contributed by atoms with Gasteiger partial charge >= 0.3 is 0 Å². The van der Waals surface area contributed by atoms with Crippen molar-refractivity contribution in [3.8, 4) is 66.8 Å². The minimum Gasteiger partial charge on any atom is -0.310 e. The second-order valence-electron chi connectivity index (χ2n) is 15.8. The van der Waals surface area contributed by atoms with E-state index in [0.29, 0.717) is 16.9 Å². The lowest BCUT2D eigenvalue weighted by molar-refractivity contribution is 1.28. The lowest BCUT2D eigenvalue weighted by Gasteiger charge is -2.27. The van der Waals surface area contributed by atoms with Gasteiger partial charge in [0.15, 0.2) is 0 Å². The highest BCUT2D eigenvalue weighted by Crippen LogP contribution is 2.42. The summed E-state index contributed by atoms with van der Waals surface area (Å²) in [7, 11) is 0. The zero-order chi connectivity index (χ0) is 45.4. The van der Waals surface area contributed by atoms with Crippen LogP contribution in [-0.4, -0.2) is 0 Å². The number of benzene rings is 11. The molecule has 0 saturated carbocycles. The molecule has 0 bridgehead atoms. The Morgan fingerprint density at radius 2 is 0.762 bits per heavy atom. The Labute approximate surface area is 375 Å². The highest BCUT2D eigenvalue weighted by molar-refractivity contribution is 6.04. The summed E-state index contributed by atoms with van der Waals surface area (Å²) >= 11 is 0. The lowest BCUT2D eigenvalue weighted by atomic mass is 9.89.